The average Bonchev–Trinajstić information content (AvgIpc) is 2.64. The van der Waals surface area contributed by atoms with E-state index >= 15 is 0 Å². The van der Waals surface area contributed by atoms with Gasteiger partial charge >= 0.3 is 0 Å². The van der Waals surface area contributed by atoms with E-state index in [-0.39, 0.29) is 5.91 Å². The lowest BCUT2D eigenvalue weighted by molar-refractivity contribution is 0.102. The summed E-state index contributed by atoms with van der Waals surface area (Å²) in [5, 5.41) is 2.88. The Hall–Kier alpha value is -3.21. The van der Waals surface area contributed by atoms with E-state index < -0.39 is 0 Å². The zero-order valence-electron chi connectivity index (χ0n) is 14.9. The van der Waals surface area contributed by atoms with Gasteiger partial charge in [0, 0.05) is 12.6 Å². The predicted molar refractivity (Wildman–Crippen MR) is 102 cm³/mol. The number of carbonyl (C=O) groups is 1. The van der Waals surface area contributed by atoms with Crippen LogP contribution in [0.1, 0.15) is 34.4 Å². The molecule has 0 fully saturated rings. The minimum Gasteiger partial charge on any atom is -0.492 e. The van der Waals surface area contributed by atoms with Crippen molar-refractivity contribution in [3.8, 4) is 5.75 Å². The van der Waals surface area contributed by atoms with Crippen molar-refractivity contribution in [2.45, 2.75) is 20.3 Å². The molecule has 26 heavy (non-hydrogen) atoms. The number of aromatic nitrogens is 2. The second kappa shape index (κ2) is 8.25. The number of nitrogens with one attached hydrogen (secondary N) is 1. The van der Waals surface area contributed by atoms with Crippen molar-refractivity contribution < 1.29 is 9.53 Å². The number of hydrogen-bond acceptors (Lipinski definition) is 4. The second-order valence-corrected chi connectivity index (χ2v) is 5.83. The number of ether oxygens (including phenoxy) is 1. The standard InChI is InChI=1S/C21H21N3O2/c1-3-26-19-12-8-7-11-18(19)24-21(25)17-14-22-20(23-15(17)2)13-16-9-5-4-6-10-16/h4-12,14H,3,13H2,1-2H3,(H,24,25). The summed E-state index contributed by atoms with van der Waals surface area (Å²) in [5.41, 5.74) is 2.87. The Bertz CT molecular complexity index is 895. The number of anilines is 1. The molecule has 1 N–H and O–H groups in total. The van der Waals surface area contributed by atoms with Crippen molar-refractivity contribution in [2.24, 2.45) is 0 Å². The first-order valence-corrected chi connectivity index (χ1v) is 8.57. The first-order valence-electron chi connectivity index (χ1n) is 8.57. The van der Waals surface area contributed by atoms with Gasteiger partial charge in [-0.3, -0.25) is 4.79 Å². The molecule has 0 saturated heterocycles. The highest BCUT2D eigenvalue weighted by molar-refractivity contribution is 6.05. The molecule has 5 nitrogen and oxygen atoms in total. The van der Waals surface area contributed by atoms with Crippen molar-refractivity contribution in [2.75, 3.05) is 11.9 Å². The number of carbonyl (C=O) groups excluding carboxylic acids is 1. The number of nitrogens with zero attached hydrogens (tertiary/aromatic N) is 2. The molecule has 132 valence electrons. The topological polar surface area (TPSA) is 64.1 Å². The van der Waals surface area contributed by atoms with Crippen molar-refractivity contribution in [1.29, 1.82) is 0 Å². The Morgan fingerprint density at radius 2 is 1.81 bits per heavy atom. The monoisotopic (exact) mass is 347 g/mol. The molecular formula is C21H21N3O2. The largest absolute Gasteiger partial charge is 0.492 e. The van der Waals surface area contributed by atoms with Crippen LogP contribution >= 0.6 is 0 Å². The van der Waals surface area contributed by atoms with Crippen LogP contribution in [0.3, 0.4) is 0 Å². The summed E-state index contributed by atoms with van der Waals surface area (Å²) in [4.78, 5) is 21.5. The maximum absolute atomic E-state index is 12.6. The Kier molecular flexibility index (Phi) is 5.59. The third-order valence-electron chi connectivity index (χ3n) is 3.91. The summed E-state index contributed by atoms with van der Waals surface area (Å²) in [5.74, 6) is 1.09. The third-order valence-corrected chi connectivity index (χ3v) is 3.91. The van der Waals surface area contributed by atoms with Gasteiger partial charge < -0.3 is 10.1 Å². The maximum atomic E-state index is 12.6. The van der Waals surface area contributed by atoms with Gasteiger partial charge in [0.25, 0.3) is 5.91 Å². The van der Waals surface area contributed by atoms with Gasteiger partial charge in [-0.05, 0) is 31.5 Å². The summed E-state index contributed by atoms with van der Waals surface area (Å²) >= 11 is 0. The van der Waals surface area contributed by atoms with Crippen LogP contribution in [-0.4, -0.2) is 22.5 Å². The normalized spacial score (nSPS) is 10.4. The van der Waals surface area contributed by atoms with Gasteiger partial charge in [0.2, 0.25) is 0 Å². The summed E-state index contributed by atoms with van der Waals surface area (Å²) in [6.45, 7) is 4.25. The van der Waals surface area contributed by atoms with Gasteiger partial charge in [0.05, 0.1) is 23.6 Å². The molecule has 1 amide bonds. The molecule has 0 aliphatic carbocycles. The highest BCUT2D eigenvalue weighted by Gasteiger charge is 2.14. The van der Waals surface area contributed by atoms with Crippen molar-refractivity contribution >= 4 is 11.6 Å². The highest BCUT2D eigenvalue weighted by Crippen LogP contribution is 2.24. The number of hydrogen-bond donors (Lipinski definition) is 1. The number of amides is 1. The second-order valence-electron chi connectivity index (χ2n) is 5.83. The molecule has 0 radical (unpaired) electrons. The van der Waals surface area contributed by atoms with E-state index in [0.29, 0.717) is 41.5 Å². The fraction of sp³-hybridized carbons (Fsp3) is 0.190. The minimum absolute atomic E-state index is 0.249. The number of rotatable bonds is 6. The van der Waals surface area contributed by atoms with Gasteiger partial charge in [-0.2, -0.15) is 0 Å². The SMILES string of the molecule is CCOc1ccccc1NC(=O)c1cnc(Cc2ccccc2)nc1C. The molecule has 3 aromatic rings. The molecule has 5 heteroatoms. The van der Waals surface area contributed by atoms with E-state index in [1.807, 2.05) is 68.4 Å². The number of benzene rings is 2. The molecule has 0 aliphatic heterocycles. The van der Waals surface area contributed by atoms with E-state index in [9.17, 15) is 4.79 Å². The zero-order valence-corrected chi connectivity index (χ0v) is 14.9. The predicted octanol–water partition coefficient (Wildman–Crippen LogP) is 4.03. The summed E-state index contributed by atoms with van der Waals surface area (Å²) < 4.78 is 5.54. The molecule has 0 spiro atoms. The quantitative estimate of drug-likeness (QED) is 0.731. The molecule has 0 unspecified atom stereocenters. The van der Waals surface area contributed by atoms with E-state index in [1.165, 1.54) is 0 Å². The van der Waals surface area contributed by atoms with Gasteiger partial charge in [-0.15, -0.1) is 0 Å². The lowest BCUT2D eigenvalue weighted by atomic mass is 10.1. The van der Waals surface area contributed by atoms with Crippen molar-refractivity contribution in [1.82, 2.24) is 9.97 Å². The Morgan fingerprint density at radius 3 is 2.54 bits per heavy atom. The highest BCUT2D eigenvalue weighted by atomic mass is 16.5. The van der Waals surface area contributed by atoms with Crippen LogP contribution in [0, 0.1) is 6.92 Å². The molecule has 0 aliphatic rings. The molecule has 3 rings (SSSR count). The number of para-hydroxylation sites is 2. The van der Waals surface area contributed by atoms with E-state index in [1.54, 1.807) is 6.20 Å². The van der Waals surface area contributed by atoms with E-state index in [2.05, 4.69) is 15.3 Å². The van der Waals surface area contributed by atoms with Crippen LogP contribution in [0.4, 0.5) is 5.69 Å². The van der Waals surface area contributed by atoms with Gasteiger partial charge in [0.15, 0.2) is 0 Å². The zero-order chi connectivity index (χ0) is 18.4. The lowest BCUT2D eigenvalue weighted by Gasteiger charge is -2.12. The minimum atomic E-state index is -0.249. The summed E-state index contributed by atoms with van der Waals surface area (Å²) in [6.07, 6.45) is 2.22. The molecule has 0 saturated carbocycles. The van der Waals surface area contributed by atoms with Crippen LogP contribution in [0.2, 0.25) is 0 Å². The van der Waals surface area contributed by atoms with Crippen LogP contribution in [-0.2, 0) is 6.42 Å². The summed E-state index contributed by atoms with van der Waals surface area (Å²) in [7, 11) is 0. The maximum Gasteiger partial charge on any atom is 0.259 e. The lowest BCUT2D eigenvalue weighted by Crippen LogP contribution is -2.16. The molecule has 0 bridgehead atoms. The summed E-state index contributed by atoms with van der Waals surface area (Å²) in [6, 6.07) is 17.4. The smallest absolute Gasteiger partial charge is 0.259 e. The van der Waals surface area contributed by atoms with Gasteiger partial charge in [-0.1, -0.05) is 42.5 Å². The first kappa shape index (κ1) is 17.6. The van der Waals surface area contributed by atoms with Crippen LogP contribution in [0.15, 0.2) is 60.8 Å². The fourth-order valence-electron chi connectivity index (χ4n) is 2.64. The van der Waals surface area contributed by atoms with E-state index in [4.69, 9.17) is 4.74 Å². The average molecular weight is 347 g/mol. The molecular weight excluding hydrogens is 326 g/mol. The Balaban J connectivity index is 1.76. The van der Waals surface area contributed by atoms with Crippen LogP contribution in [0.25, 0.3) is 0 Å². The first-order chi connectivity index (χ1) is 12.7. The number of aryl methyl sites for hydroxylation is 1. The van der Waals surface area contributed by atoms with Crippen molar-refractivity contribution in [3.63, 3.8) is 0 Å². The third kappa shape index (κ3) is 4.25. The fourth-order valence-corrected chi connectivity index (χ4v) is 2.64. The Labute approximate surface area is 153 Å². The van der Waals surface area contributed by atoms with Crippen molar-refractivity contribution in [3.05, 3.63) is 83.4 Å². The molecule has 1 heterocycles. The van der Waals surface area contributed by atoms with Gasteiger partial charge in [0.1, 0.15) is 11.6 Å². The molecule has 2 aromatic carbocycles. The van der Waals surface area contributed by atoms with Gasteiger partial charge in [-0.25, -0.2) is 9.97 Å². The molecule has 0 atom stereocenters. The van der Waals surface area contributed by atoms with E-state index in [0.717, 1.165) is 5.56 Å². The Morgan fingerprint density at radius 1 is 1.08 bits per heavy atom. The molecule has 1 aromatic heterocycles. The van der Waals surface area contributed by atoms with Crippen LogP contribution in [0.5, 0.6) is 5.75 Å². The van der Waals surface area contributed by atoms with Crippen LogP contribution < -0.4 is 10.1 Å².